The number of nitrogens with two attached hydrogens (primary N) is 1. The second-order valence-electron chi connectivity index (χ2n) is 4.80. The van der Waals surface area contributed by atoms with Gasteiger partial charge in [0.25, 0.3) is 0 Å². The van der Waals surface area contributed by atoms with Crippen LogP contribution in [0.15, 0.2) is 29.6 Å². The van der Waals surface area contributed by atoms with Gasteiger partial charge >= 0.3 is 0 Å². The smallest absolute Gasteiger partial charge is 0.0345 e. The molecule has 1 atom stereocenters. The molecule has 1 aromatic heterocycles. The Morgan fingerprint density at radius 3 is 2.94 bits per heavy atom. The molecule has 3 rings (SSSR count). The largest absolute Gasteiger partial charge is 0.327 e. The minimum Gasteiger partial charge on any atom is -0.327 e. The van der Waals surface area contributed by atoms with Crippen molar-refractivity contribution in [2.75, 3.05) is 0 Å². The number of hydrogen-bond acceptors (Lipinski definition) is 2. The van der Waals surface area contributed by atoms with Gasteiger partial charge in [0.05, 0.1) is 0 Å². The summed E-state index contributed by atoms with van der Waals surface area (Å²) >= 11 is 1.85. The van der Waals surface area contributed by atoms with E-state index in [4.69, 9.17) is 5.73 Å². The van der Waals surface area contributed by atoms with Gasteiger partial charge in [-0.3, -0.25) is 0 Å². The SMILES string of the molecule is NC(CCc1csc2ccccc12)C1CC1. The third-order valence-electron chi connectivity index (χ3n) is 3.54. The topological polar surface area (TPSA) is 26.0 Å². The van der Waals surface area contributed by atoms with Crippen LogP contribution in [-0.4, -0.2) is 6.04 Å². The second kappa shape index (κ2) is 4.19. The van der Waals surface area contributed by atoms with Gasteiger partial charge in [0.1, 0.15) is 0 Å². The molecule has 84 valence electrons. The highest BCUT2D eigenvalue weighted by atomic mass is 32.1. The van der Waals surface area contributed by atoms with E-state index in [0.29, 0.717) is 6.04 Å². The molecule has 0 aliphatic heterocycles. The van der Waals surface area contributed by atoms with Crippen LogP contribution in [-0.2, 0) is 6.42 Å². The summed E-state index contributed by atoms with van der Waals surface area (Å²) in [6, 6.07) is 9.09. The third kappa shape index (κ3) is 2.00. The van der Waals surface area contributed by atoms with Gasteiger partial charge in [0.2, 0.25) is 0 Å². The maximum absolute atomic E-state index is 6.14. The predicted octanol–water partition coefficient (Wildman–Crippen LogP) is 3.57. The molecule has 1 fully saturated rings. The molecule has 2 heteroatoms. The van der Waals surface area contributed by atoms with Gasteiger partial charge < -0.3 is 5.73 Å². The molecule has 0 radical (unpaired) electrons. The quantitative estimate of drug-likeness (QED) is 0.855. The van der Waals surface area contributed by atoms with E-state index in [-0.39, 0.29) is 0 Å². The van der Waals surface area contributed by atoms with E-state index in [1.807, 2.05) is 11.3 Å². The van der Waals surface area contributed by atoms with E-state index in [1.54, 1.807) is 0 Å². The fourth-order valence-electron chi connectivity index (χ4n) is 2.31. The zero-order valence-corrected chi connectivity index (χ0v) is 10.2. The van der Waals surface area contributed by atoms with Crippen molar-refractivity contribution in [2.45, 2.75) is 31.7 Å². The van der Waals surface area contributed by atoms with Gasteiger partial charge in [0, 0.05) is 10.7 Å². The number of benzene rings is 1. The monoisotopic (exact) mass is 231 g/mol. The Balaban J connectivity index is 1.73. The predicted molar refractivity (Wildman–Crippen MR) is 70.8 cm³/mol. The Bertz CT molecular complexity index is 484. The highest BCUT2D eigenvalue weighted by Crippen LogP contribution is 2.34. The van der Waals surface area contributed by atoms with Crippen LogP contribution in [0.25, 0.3) is 10.1 Å². The first-order valence-corrected chi connectivity index (χ1v) is 6.93. The summed E-state index contributed by atoms with van der Waals surface area (Å²) in [6.07, 6.45) is 4.99. The molecule has 1 saturated carbocycles. The molecule has 1 aromatic carbocycles. The lowest BCUT2D eigenvalue weighted by atomic mass is 10.0. The van der Waals surface area contributed by atoms with Crippen molar-refractivity contribution in [1.82, 2.24) is 0 Å². The summed E-state index contributed by atoms with van der Waals surface area (Å²) in [5, 5.41) is 3.72. The number of rotatable bonds is 4. The lowest BCUT2D eigenvalue weighted by Crippen LogP contribution is -2.22. The molecule has 1 unspecified atom stereocenters. The van der Waals surface area contributed by atoms with Crippen LogP contribution in [0.2, 0.25) is 0 Å². The summed E-state index contributed by atoms with van der Waals surface area (Å²) in [7, 11) is 0. The lowest BCUT2D eigenvalue weighted by Gasteiger charge is -2.08. The number of thiophene rings is 1. The fourth-order valence-corrected chi connectivity index (χ4v) is 3.31. The number of aryl methyl sites for hydroxylation is 1. The fraction of sp³-hybridized carbons (Fsp3) is 0.429. The molecule has 1 aliphatic rings. The minimum atomic E-state index is 0.429. The standard InChI is InChI=1S/C14H17NS/c15-13(10-5-6-10)8-7-11-9-16-14-4-2-1-3-12(11)14/h1-4,9-10,13H,5-8,15H2. The molecule has 2 N–H and O–H groups in total. The van der Waals surface area contributed by atoms with E-state index in [9.17, 15) is 0 Å². The molecule has 0 spiro atoms. The molecular formula is C14H17NS. The summed E-state index contributed by atoms with van der Waals surface area (Å²) in [4.78, 5) is 0. The van der Waals surface area contributed by atoms with Gasteiger partial charge in [-0.15, -0.1) is 11.3 Å². The first-order valence-electron chi connectivity index (χ1n) is 6.05. The Kier molecular flexibility index (Phi) is 2.70. The van der Waals surface area contributed by atoms with Crippen LogP contribution >= 0.6 is 11.3 Å². The van der Waals surface area contributed by atoms with Crippen LogP contribution in [0, 0.1) is 5.92 Å². The van der Waals surface area contributed by atoms with Crippen molar-refractivity contribution < 1.29 is 0 Å². The zero-order valence-electron chi connectivity index (χ0n) is 9.36. The zero-order chi connectivity index (χ0) is 11.0. The molecule has 0 amide bonds. The number of hydrogen-bond donors (Lipinski definition) is 1. The van der Waals surface area contributed by atoms with E-state index < -0.39 is 0 Å². The van der Waals surface area contributed by atoms with Crippen LogP contribution in [0.5, 0.6) is 0 Å². The molecule has 1 nitrogen and oxygen atoms in total. The van der Waals surface area contributed by atoms with Crippen molar-refractivity contribution >= 4 is 21.4 Å². The summed E-state index contributed by atoms with van der Waals surface area (Å²) in [5.74, 6) is 0.824. The highest BCUT2D eigenvalue weighted by Gasteiger charge is 2.27. The van der Waals surface area contributed by atoms with E-state index in [1.165, 1.54) is 28.5 Å². The van der Waals surface area contributed by atoms with Crippen LogP contribution in [0.1, 0.15) is 24.8 Å². The Hall–Kier alpha value is -0.860. The van der Waals surface area contributed by atoms with Crippen molar-refractivity contribution in [2.24, 2.45) is 11.7 Å². The first-order chi connectivity index (χ1) is 7.84. The average molecular weight is 231 g/mol. The first kappa shape index (κ1) is 10.3. The molecule has 16 heavy (non-hydrogen) atoms. The van der Waals surface area contributed by atoms with Gasteiger partial charge in [-0.2, -0.15) is 0 Å². The van der Waals surface area contributed by atoms with Crippen molar-refractivity contribution in [3.8, 4) is 0 Å². The molecular weight excluding hydrogens is 214 g/mol. The summed E-state index contributed by atoms with van der Waals surface area (Å²) < 4.78 is 1.40. The lowest BCUT2D eigenvalue weighted by molar-refractivity contribution is 0.551. The van der Waals surface area contributed by atoms with E-state index in [0.717, 1.165) is 18.8 Å². The highest BCUT2D eigenvalue weighted by molar-refractivity contribution is 7.17. The molecule has 1 aliphatic carbocycles. The Morgan fingerprint density at radius 2 is 2.12 bits per heavy atom. The maximum atomic E-state index is 6.14. The normalized spacial score (nSPS) is 17.8. The summed E-state index contributed by atoms with van der Waals surface area (Å²) in [5.41, 5.74) is 7.63. The third-order valence-corrected chi connectivity index (χ3v) is 4.55. The molecule has 0 saturated heterocycles. The maximum Gasteiger partial charge on any atom is 0.0345 e. The summed E-state index contributed by atoms with van der Waals surface area (Å²) in [6.45, 7) is 0. The van der Waals surface area contributed by atoms with Crippen LogP contribution in [0.4, 0.5) is 0 Å². The average Bonchev–Trinajstić information content (AvgIpc) is 3.08. The molecule has 1 heterocycles. The van der Waals surface area contributed by atoms with E-state index in [2.05, 4.69) is 29.6 Å². The molecule has 0 bridgehead atoms. The Morgan fingerprint density at radius 1 is 1.31 bits per heavy atom. The minimum absolute atomic E-state index is 0.429. The number of fused-ring (bicyclic) bond motifs is 1. The van der Waals surface area contributed by atoms with Gasteiger partial charge in [-0.25, -0.2) is 0 Å². The van der Waals surface area contributed by atoms with Gasteiger partial charge in [-0.1, -0.05) is 18.2 Å². The van der Waals surface area contributed by atoms with Crippen molar-refractivity contribution in [3.05, 3.63) is 35.2 Å². The van der Waals surface area contributed by atoms with Gasteiger partial charge in [0.15, 0.2) is 0 Å². The van der Waals surface area contributed by atoms with Gasteiger partial charge in [-0.05, 0) is 54.0 Å². The molecule has 2 aromatic rings. The van der Waals surface area contributed by atoms with E-state index >= 15 is 0 Å². The van der Waals surface area contributed by atoms with Crippen LogP contribution in [0.3, 0.4) is 0 Å². The van der Waals surface area contributed by atoms with Crippen molar-refractivity contribution in [3.63, 3.8) is 0 Å². The second-order valence-corrected chi connectivity index (χ2v) is 5.71. The van der Waals surface area contributed by atoms with Crippen molar-refractivity contribution in [1.29, 1.82) is 0 Å². The van der Waals surface area contributed by atoms with Crippen LogP contribution < -0.4 is 5.73 Å². The Labute approximate surface area is 100 Å².